The molecule has 0 aliphatic rings. The highest BCUT2D eigenvalue weighted by molar-refractivity contribution is 4.62. The van der Waals surface area contributed by atoms with E-state index in [2.05, 4.69) is 36.1 Å². The first-order valence-corrected chi connectivity index (χ1v) is 3.96. The van der Waals surface area contributed by atoms with Crippen LogP contribution in [0.3, 0.4) is 0 Å². The van der Waals surface area contributed by atoms with Crippen molar-refractivity contribution in [1.29, 1.82) is 0 Å². The van der Waals surface area contributed by atoms with Crippen LogP contribution in [0.4, 0.5) is 0 Å². The van der Waals surface area contributed by atoms with Crippen LogP contribution in [-0.4, -0.2) is 6.04 Å². The zero-order valence-electron chi connectivity index (χ0n) is 7.45. The molecule has 0 saturated carbocycles. The van der Waals surface area contributed by atoms with E-state index in [-0.39, 0.29) is 6.04 Å². The van der Waals surface area contributed by atoms with E-state index < -0.39 is 0 Å². The minimum absolute atomic E-state index is 0.249. The summed E-state index contributed by atoms with van der Waals surface area (Å²) in [5, 5.41) is 7.18. The fourth-order valence-corrected chi connectivity index (χ4v) is 0.933. The molecular weight excluding hydrogens is 142 g/mol. The Bertz CT molecular complexity index is 114. The van der Waals surface area contributed by atoms with Gasteiger partial charge in [-0.2, -0.15) is 0 Å². The van der Waals surface area contributed by atoms with Crippen LogP contribution < -0.4 is 5.90 Å². The molecule has 0 spiro atoms. The van der Waals surface area contributed by atoms with Crippen molar-refractivity contribution in [3.05, 3.63) is 0 Å². The van der Waals surface area contributed by atoms with Gasteiger partial charge in [0.15, 0.2) is 0 Å². The van der Waals surface area contributed by atoms with E-state index in [0.717, 1.165) is 12.8 Å². The maximum atomic E-state index is 4.70. The third kappa shape index (κ3) is 5.79. The van der Waals surface area contributed by atoms with Crippen molar-refractivity contribution in [2.24, 2.45) is 22.2 Å². The van der Waals surface area contributed by atoms with Gasteiger partial charge in [0.05, 0.1) is 6.04 Å². The zero-order valence-corrected chi connectivity index (χ0v) is 7.45. The summed E-state index contributed by atoms with van der Waals surface area (Å²) in [7, 11) is 0. The molecule has 1 atom stereocenters. The number of nitrogens with zero attached hydrogens (tertiary/aromatic N) is 2. The third-order valence-electron chi connectivity index (χ3n) is 1.47. The molecule has 0 fully saturated rings. The highest BCUT2D eigenvalue weighted by Gasteiger charge is 2.06. The number of rotatable bonds is 5. The zero-order chi connectivity index (χ0) is 8.69. The Labute approximate surface area is 67.7 Å². The van der Waals surface area contributed by atoms with E-state index in [1.165, 1.54) is 0 Å². The van der Waals surface area contributed by atoms with Gasteiger partial charge in [0.1, 0.15) is 0 Å². The summed E-state index contributed by atoms with van der Waals surface area (Å²) in [5.41, 5.74) is 0. The minimum Gasteiger partial charge on any atom is -0.283 e. The lowest BCUT2D eigenvalue weighted by molar-refractivity contribution is 0.120. The van der Waals surface area contributed by atoms with Crippen molar-refractivity contribution in [3.8, 4) is 0 Å². The molecule has 4 heteroatoms. The number of hydrogen-bond acceptors (Lipinski definition) is 4. The van der Waals surface area contributed by atoms with Gasteiger partial charge in [-0.1, -0.05) is 20.8 Å². The third-order valence-corrected chi connectivity index (χ3v) is 1.47. The van der Waals surface area contributed by atoms with E-state index in [4.69, 9.17) is 5.90 Å². The van der Waals surface area contributed by atoms with Crippen LogP contribution in [0.2, 0.25) is 0 Å². The molecule has 0 aliphatic carbocycles. The maximum Gasteiger partial charge on any atom is 0.0745 e. The molecule has 11 heavy (non-hydrogen) atoms. The first-order chi connectivity index (χ1) is 5.20. The number of nitrogens with two attached hydrogens (primary N) is 1. The summed E-state index contributed by atoms with van der Waals surface area (Å²) >= 11 is 0. The Balaban J connectivity index is 3.66. The molecule has 2 N–H and O–H groups in total. The predicted molar refractivity (Wildman–Crippen MR) is 43.7 cm³/mol. The molecule has 1 unspecified atom stereocenters. The molecule has 0 saturated heterocycles. The lowest BCUT2D eigenvalue weighted by Gasteiger charge is -2.09. The predicted octanol–water partition coefficient (Wildman–Crippen LogP) is 2.07. The van der Waals surface area contributed by atoms with Gasteiger partial charge < -0.3 is 0 Å². The largest absolute Gasteiger partial charge is 0.283 e. The van der Waals surface area contributed by atoms with Crippen molar-refractivity contribution >= 4 is 0 Å². The smallest absolute Gasteiger partial charge is 0.0745 e. The number of hydrogen-bond donors (Lipinski definition) is 1. The van der Waals surface area contributed by atoms with Crippen LogP contribution >= 0.6 is 0 Å². The first kappa shape index (κ1) is 10.4. The summed E-state index contributed by atoms with van der Waals surface area (Å²) in [6.45, 7) is 6.38. The van der Waals surface area contributed by atoms with Crippen LogP contribution in [0.15, 0.2) is 10.4 Å². The minimum atomic E-state index is 0.249. The van der Waals surface area contributed by atoms with Crippen LogP contribution in [0.5, 0.6) is 0 Å². The van der Waals surface area contributed by atoms with Crippen LogP contribution in [0.1, 0.15) is 33.6 Å². The van der Waals surface area contributed by atoms with Crippen molar-refractivity contribution in [3.63, 3.8) is 0 Å². The molecule has 0 heterocycles. The van der Waals surface area contributed by atoms with E-state index in [0.29, 0.717) is 5.92 Å². The summed E-state index contributed by atoms with van der Waals surface area (Å²) in [6.07, 6.45) is 2.01. The van der Waals surface area contributed by atoms with E-state index in [1.807, 2.05) is 0 Å². The molecule has 4 nitrogen and oxygen atoms in total. The second-order valence-electron chi connectivity index (χ2n) is 2.99. The average molecular weight is 159 g/mol. The molecule has 0 aromatic heterocycles. The molecule has 0 rings (SSSR count). The molecule has 0 amide bonds. The first-order valence-electron chi connectivity index (χ1n) is 3.96. The fourth-order valence-electron chi connectivity index (χ4n) is 0.933. The summed E-state index contributed by atoms with van der Waals surface area (Å²) < 4.78 is 0. The van der Waals surface area contributed by atoms with Gasteiger partial charge >= 0.3 is 0 Å². The Hall–Kier alpha value is -0.640. The highest BCUT2D eigenvalue weighted by Crippen LogP contribution is 2.11. The van der Waals surface area contributed by atoms with Crippen molar-refractivity contribution in [2.45, 2.75) is 39.7 Å². The van der Waals surface area contributed by atoms with Crippen LogP contribution in [0, 0.1) is 5.92 Å². The standard InChI is InChI=1S/C7H17N3O/c1-4-7(5-6(2)3)9-10-11-8/h6-7H,4-5,8H2,1-3H3. The summed E-state index contributed by atoms with van der Waals surface area (Å²) in [5.74, 6) is 5.34. The van der Waals surface area contributed by atoms with E-state index >= 15 is 0 Å². The van der Waals surface area contributed by atoms with Gasteiger partial charge in [0.25, 0.3) is 0 Å². The van der Waals surface area contributed by atoms with Gasteiger partial charge in [-0.05, 0) is 18.8 Å². The molecule has 0 radical (unpaired) electrons. The Morgan fingerprint density at radius 1 is 1.45 bits per heavy atom. The van der Waals surface area contributed by atoms with Gasteiger partial charge in [0, 0.05) is 5.28 Å². The molecule has 0 bridgehead atoms. The highest BCUT2D eigenvalue weighted by atomic mass is 16.8. The van der Waals surface area contributed by atoms with Gasteiger partial charge in [-0.3, -0.25) is 4.94 Å². The Morgan fingerprint density at radius 3 is 2.45 bits per heavy atom. The monoisotopic (exact) mass is 159 g/mol. The summed E-state index contributed by atoms with van der Waals surface area (Å²) in [4.78, 5) is 4.01. The quantitative estimate of drug-likeness (QED) is 0.493. The van der Waals surface area contributed by atoms with Crippen molar-refractivity contribution in [1.82, 2.24) is 0 Å². The molecule has 0 aromatic rings. The topological polar surface area (TPSA) is 60.0 Å². The Morgan fingerprint density at radius 2 is 2.09 bits per heavy atom. The second-order valence-corrected chi connectivity index (χ2v) is 2.99. The van der Waals surface area contributed by atoms with Gasteiger partial charge in [-0.25, -0.2) is 0 Å². The SMILES string of the molecule is CCC(CC(C)C)N=NON. The molecule has 0 aromatic carbocycles. The van der Waals surface area contributed by atoms with Crippen molar-refractivity contribution < 1.29 is 4.94 Å². The lowest BCUT2D eigenvalue weighted by atomic mass is 10.0. The molecular formula is C7H17N3O. The second kappa shape index (κ2) is 6.09. The summed E-state index contributed by atoms with van der Waals surface area (Å²) in [6, 6.07) is 0.249. The lowest BCUT2D eigenvalue weighted by Crippen LogP contribution is -2.06. The average Bonchev–Trinajstić information content (AvgIpc) is 1.97. The maximum absolute atomic E-state index is 4.70. The fraction of sp³-hybridized carbons (Fsp3) is 1.00. The van der Waals surface area contributed by atoms with Crippen LogP contribution in [-0.2, 0) is 4.94 Å². The van der Waals surface area contributed by atoms with Crippen LogP contribution in [0.25, 0.3) is 0 Å². The van der Waals surface area contributed by atoms with Gasteiger partial charge in [0.2, 0.25) is 0 Å². The van der Waals surface area contributed by atoms with Gasteiger partial charge in [-0.15, -0.1) is 11.0 Å². The molecule has 66 valence electrons. The molecule has 0 aliphatic heterocycles. The van der Waals surface area contributed by atoms with E-state index in [1.54, 1.807) is 0 Å². The van der Waals surface area contributed by atoms with Crippen molar-refractivity contribution in [2.75, 3.05) is 0 Å². The van der Waals surface area contributed by atoms with E-state index in [9.17, 15) is 0 Å². The normalized spacial score (nSPS) is 14.3. The Kier molecular flexibility index (Phi) is 5.74.